The molecule has 3 rings (SSSR count). The van der Waals surface area contributed by atoms with E-state index in [4.69, 9.17) is 0 Å². The summed E-state index contributed by atoms with van der Waals surface area (Å²) in [6.45, 7) is 6.01. The lowest BCUT2D eigenvalue weighted by molar-refractivity contribution is 0.468. The Labute approximate surface area is 135 Å². The number of nitrogens with one attached hydrogen (secondary N) is 2. The fourth-order valence-electron chi connectivity index (χ4n) is 2.58. The first-order valence-corrected chi connectivity index (χ1v) is 7.82. The van der Waals surface area contributed by atoms with Crippen LogP contribution in [-0.2, 0) is 19.5 Å². The van der Waals surface area contributed by atoms with Gasteiger partial charge in [-0.2, -0.15) is 5.21 Å². The zero-order valence-corrected chi connectivity index (χ0v) is 13.4. The molecule has 0 saturated heterocycles. The molecule has 0 amide bonds. The van der Waals surface area contributed by atoms with Crippen LogP contribution in [0.3, 0.4) is 0 Å². The van der Waals surface area contributed by atoms with Crippen molar-refractivity contribution in [1.29, 1.82) is 0 Å². The highest BCUT2D eigenvalue weighted by atomic mass is 15.5. The van der Waals surface area contributed by atoms with Gasteiger partial charge in [-0.3, -0.25) is 0 Å². The summed E-state index contributed by atoms with van der Waals surface area (Å²) in [5.41, 5.74) is 2.16. The number of hydrogen-bond donors (Lipinski definition) is 2. The van der Waals surface area contributed by atoms with Crippen LogP contribution in [-0.4, -0.2) is 36.2 Å². The topological polar surface area (TPSA) is 84.3 Å². The Hall–Kier alpha value is -2.54. The standard InChI is InChI=1S/C16H21N7/c1-3-15-17-7-8-23(15)11-12(2)18-10-13-5-4-6-14(9-13)16-19-21-22-20-16/h4-9,12,18H,3,10-11H2,1-2H3,(H,19,20,21,22)/t12-/m0/s1. The van der Waals surface area contributed by atoms with E-state index in [-0.39, 0.29) is 0 Å². The van der Waals surface area contributed by atoms with Crippen LogP contribution >= 0.6 is 0 Å². The van der Waals surface area contributed by atoms with Crippen molar-refractivity contribution in [3.63, 3.8) is 0 Å². The third kappa shape index (κ3) is 3.81. The third-order valence-electron chi connectivity index (χ3n) is 3.77. The summed E-state index contributed by atoms with van der Waals surface area (Å²) in [5, 5.41) is 17.7. The smallest absolute Gasteiger partial charge is 0.204 e. The lowest BCUT2D eigenvalue weighted by atomic mass is 10.1. The Kier molecular flexibility index (Phi) is 4.77. The van der Waals surface area contributed by atoms with Crippen LogP contribution in [0.5, 0.6) is 0 Å². The molecular formula is C16H21N7. The maximum atomic E-state index is 4.36. The number of aromatic amines is 1. The predicted octanol–water partition coefficient (Wildman–Crippen LogP) is 1.80. The van der Waals surface area contributed by atoms with E-state index < -0.39 is 0 Å². The van der Waals surface area contributed by atoms with Crippen molar-refractivity contribution in [2.24, 2.45) is 0 Å². The number of rotatable bonds is 7. The fourth-order valence-corrected chi connectivity index (χ4v) is 2.58. The second kappa shape index (κ2) is 7.15. The number of aryl methyl sites for hydroxylation is 1. The van der Waals surface area contributed by atoms with Crippen LogP contribution in [0.2, 0.25) is 0 Å². The summed E-state index contributed by atoms with van der Waals surface area (Å²) >= 11 is 0. The van der Waals surface area contributed by atoms with E-state index in [0.29, 0.717) is 11.9 Å². The molecule has 7 nitrogen and oxygen atoms in total. The molecule has 1 aromatic carbocycles. The van der Waals surface area contributed by atoms with Gasteiger partial charge in [-0.25, -0.2) is 4.98 Å². The van der Waals surface area contributed by atoms with Crippen molar-refractivity contribution in [1.82, 2.24) is 35.5 Å². The van der Waals surface area contributed by atoms with Gasteiger partial charge in [0, 0.05) is 43.5 Å². The predicted molar refractivity (Wildman–Crippen MR) is 87.5 cm³/mol. The number of tetrazole rings is 1. The summed E-state index contributed by atoms with van der Waals surface area (Å²) in [6, 6.07) is 8.52. The summed E-state index contributed by atoms with van der Waals surface area (Å²) in [4.78, 5) is 4.36. The Morgan fingerprint density at radius 1 is 1.35 bits per heavy atom. The van der Waals surface area contributed by atoms with Crippen molar-refractivity contribution in [3.05, 3.63) is 48.0 Å². The second-order valence-corrected chi connectivity index (χ2v) is 5.57. The fraction of sp³-hybridized carbons (Fsp3) is 0.375. The number of benzene rings is 1. The van der Waals surface area contributed by atoms with Crippen LogP contribution in [0.4, 0.5) is 0 Å². The van der Waals surface area contributed by atoms with Crippen LogP contribution in [0.15, 0.2) is 36.7 Å². The van der Waals surface area contributed by atoms with E-state index in [1.165, 1.54) is 5.56 Å². The average Bonchev–Trinajstić information content (AvgIpc) is 3.24. The number of aromatic nitrogens is 6. The molecule has 3 aromatic rings. The van der Waals surface area contributed by atoms with Gasteiger partial charge in [-0.05, 0) is 23.8 Å². The van der Waals surface area contributed by atoms with Crippen molar-refractivity contribution < 1.29 is 0 Å². The summed E-state index contributed by atoms with van der Waals surface area (Å²) in [6.07, 6.45) is 4.85. The summed E-state index contributed by atoms with van der Waals surface area (Å²) in [7, 11) is 0. The van der Waals surface area contributed by atoms with Crippen molar-refractivity contribution in [2.45, 2.75) is 39.4 Å². The molecule has 0 spiro atoms. The highest BCUT2D eigenvalue weighted by Gasteiger charge is 2.07. The van der Waals surface area contributed by atoms with Gasteiger partial charge >= 0.3 is 0 Å². The molecule has 0 aliphatic rings. The summed E-state index contributed by atoms with van der Waals surface area (Å²) in [5.74, 6) is 1.74. The maximum Gasteiger partial charge on any atom is 0.204 e. The van der Waals surface area contributed by atoms with Gasteiger partial charge in [0.05, 0.1) is 0 Å². The van der Waals surface area contributed by atoms with Gasteiger partial charge < -0.3 is 9.88 Å². The Morgan fingerprint density at radius 3 is 3.04 bits per heavy atom. The first-order valence-electron chi connectivity index (χ1n) is 7.82. The molecule has 1 atom stereocenters. The quantitative estimate of drug-likeness (QED) is 0.695. The normalized spacial score (nSPS) is 12.4. The largest absolute Gasteiger partial charge is 0.333 e. The first-order chi connectivity index (χ1) is 11.3. The van der Waals surface area contributed by atoms with E-state index in [0.717, 1.165) is 30.9 Å². The molecule has 2 aromatic heterocycles. The second-order valence-electron chi connectivity index (χ2n) is 5.57. The van der Waals surface area contributed by atoms with E-state index in [1.54, 1.807) is 0 Å². The van der Waals surface area contributed by atoms with Gasteiger partial charge in [-0.1, -0.05) is 25.1 Å². The van der Waals surface area contributed by atoms with Crippen molar-refractivity contribution >= 4 is 0 Å². The molecule has 0 fully saturated rings. The van der Waals surface area contributed by atoms with Crippen LogP contribution in [0.25, 0.3) is 11.4 Å². The minimum Gasteiger partial charge on any atom is -0.333 e. The highest BCUT2D eigenvalue weighted by Crippen LogP contribution is 2.15. The van der Waals surface area contributed by atoms with E-state index >= 15 is 0 Å². The molecule has 0 unspecified atom stereocenters. The van der Waals surface area contributed by atoms with Crippen LogP contribution in [0, 0.1) is 0 Å². The van der Waals surface area contributed by atoms with Gasteiger partial charge in [0.15, 0.2) is 0 Å². The molecule has 7 heteroatoms. The Balaban J connectivity index is 1.59. The minimum atomic E-state index is 0.350. The van der Waals surface area contributed by atoms with Gasteiger partial charge in [0.2, 0.25) is 5.82 Å². The zero-order chi connectivity index (χ0) is 16.1. The monoisotopic (exact) mass is 311 g/mol. The minimum absolute atomic E-state index is 0.350. The van der Waals surface area contributed by atoms with E-state index in [1.807, 2.05) is 24.5 Å². The van der Waals surface area contributed by atoms with E-state index in [9.17, 15) is 0 Å². The van der Waals surface area contributed by atoms with Gasteiger partial charge in [0.1, 0.15) is 5.82 Å². The Bertz CT molecular complexity index is 732. The van der Waals surface area contributed by atoms with Gasteiger partial charge in [0.25, 0.3) is 0 Å². The zero-order valence-electron chi connectivity index (χ0n) is 13.4. The third-order valence-corrected chi connectivity index (χ3v) is 3.77. The molecule has 0 saturated carbocycles. The molecule has 120 valence electrons. The average molecular weight is 311 g/mol. The van der Waals surface area contributed by atoms with Crippen molar-refractivity contribution in [2.75, 3.05) is 0 Å². The maximum absolute atomic E-state index is 4.36. The number of H-pyrrole nitrogens is 1. The molecular weight excluding hydrogens is 290 g/mol. The number of hydrogen-bond acceptors (Lipinski definition) is 5. The van der Waals surface area contributed by atoms with Crippen LogP contribution in [0.1, 0.15) is 25.2 Å². The molecule has 0 aliphatic carbocycles. The summed E-state index contributed by atoms with van der Waals surface area (Å²) < 4.78 is 2.20. The SMILES string of the molecule is CCc1nccn1C[C@H](C)NCc1cccc(-c2nn[nH]n2)c1. The van der Waals surface area contributed by atoms with Crippen LogP contribution < -0.4 is 5.32 Å². The molecule has 23 heavy (non-hydrogen) atoms. The first kappa shape index (κ1) is 15.4. The molecule has 0 radical (unpaired) electrons. The lowest BCUT2D eigenvalue weighted by Gasteiger charge is -2.16. The molecule has 2 heterocycles. The molecule has 0 aliphatic heterocycles. The lowest BCUT2D eigenvalue weighted by Crippen LogP contribution is -2.30. The Morgan fingerprint density at radius 2 is 2.26 bits per heavy atom. The number of nitrogens with zero attached hydrogens (tertiary/aromatic N) is 5. The van der Waals surface area contributed by atoms with E-state index in [2.05, 4.69) is 61.5 Å². The molecule has 0 bridgehead atoms. The van der Waals surface area contributed by atoms with Crippen molar-refractivity contribution in [3.8, 4) is 11.4 Å². The highest BCUT2D eigenvalue weighted by molar-refractivity contribution is 5.54. The number of imidazole rings is 1. The molecule has 2 N–H and O–H groups in total. The van der Waals surface area contributed by atoms with Gasteiger partial charge in [-0.15, -0.1) is 10.2 Å².